The van der Waals surface area contributed by atoms with Gasteiger partial charge in [0.2, 0.25) is 0 Å². The number of nitrogens with zero attached hydrogens (tertiary/aromatic N) is 1. The van der Waals surface area contributed by atoms with Gasteiger partial charge in [0.15, 0.2) is 5.78 Å². The molecule has 0 aromatic heterocycles. The van der Waals surface area contributed by atoms with Crippen LogP contribution >= 0.6 is 11.6 Å². The molecular formula is C16H25ClN2O2. The molecule has 1 saturated heterocycles. The molecule has 5 heteroatoms. The number of anilines is 1. The van der Waals surface area contributed by atoms with Crippen molar-refractivity contribution in [3.8, 4) is 0 Å². The van der Waals surface area contributed by atoms with Crippen molar-refractivity contribution in [2.45, 2.75) is 20.8 Å². The lowest BCUT2D eigenvalue weighted by molar-refractivity contribution is 0.0398. The molecule has 0 saturated carbocycles. The molecule has 1 aromatic rings. The molecule has 1 aliphatic heterocycles. The highest BCUT2D eigenvalue weighted by atomic mass is 35.5. The van der Waals surface area contributed by atoms with Crippen LogP contribution in [0.1, 0.15) is 31.1 Å². The zero-order valence-electron chi connectivity index (χ0n) is 13.1. The highest BCUT2D eigenvalue weighted by molar-refractivity contribution is 6.31. The normalized spacial score (nSPS) is 15.0. The summed E-state index contributed by atoms with van der Waals surface area (Å²) in [5.41, 5.74) is 1.50. The number of carbonyl (C=O) groups excluding carboxylic acids is 1. The van der Waals surface area contributed by atoms with Crippen molar-refractivity contribution in [2.24, 2.45) is 0 Å². The summed E-state index contributed by atoms with van der Waals surface area (Å²) in [6.45, 7) is 10.8. The molecule has 0 spiro atoms. The van der Waals surface area contributed by atoms with Crippen molar-refractivity contribution in [2.75, 3.05) is 44.7 Å². The molecule has 1 aliphatic rings. The Morgan fingerprint density at radius 2 is 2.00 bits per heavy atom. The number of nitrogens with one attached hydrogen (secondary N) is 1. The van der Waals surface area contributed by atoms with Crippen LogP contribution in [-0.4, -0.2) is 50.1 Å². The van der Waals surface area contributed by atoms with Crippen molar-refractivity contribution in [1.29, 1.82) is 0 Å². The molecule has 1 N–H and O–H groups in total. The summed E-state index contributed by atoms with van der Waals surface area (Å²) in [6.07, 6.45) is 0. The molecule has 118 valence electrons. The van der Waals surface area contributed by atoms with Gasteiger partial charge in [0.25, 0.3) is 0 Å². The topological polar surface area (TPSA) is 41.6 Å². The number of ether oxygens (including phenoxy) is 1. The summed E-state index contributed by atoms with van der Waals surface area (Å²) in [7, 11) is 0. The number of rotatable bonds is 5. The van der Waals surface area contributed by atoms with E-state index in [1.165, 1.54) is 0 Å². The minimum atomic E-state index is 0.0468. The van der Waals surface area contributed by atoms with Crippen LogP contribution < -0.4 is 5.32 Å². The number of ketones is 1. The standard InChI is InChI=1S/C14H19ClN2O2.C2H6/c1-11(18)13-3-2-12(15)10-14(13)16-4-5-17-6-8-19-9-7-17;1-2/h2-3,10,16H,4-9H2,1H3;1-2H3. The number of Topliss-reactive ketones (excluding diaryl/α,β-unsaturated/α-hetero) is 1. The van der Waals surface area contributed by atoms with Crippen molar-refractivity contribution in [3.05, 3.63) is 28.8 Å². The van der Waals surface area contributed by atoms with Crippen LogP contribution in [-0.2, 0) is 4.74 Å². The van der Waals surface area contributed by atoms with Gasteiger partial charge in [0.05, 0.1) is 13.2 Å². The van der Waals surface area contributed by atoms with E-state index in [4.69, 9.17) is 16.3 Å². The Labute approximate surface area is 132 Å². The van der Waals surface area contributed by atoms with Gasteiger partial charge in [-0.1, -0.05) is 25.4 Å². The van der Waals surface area contributed by atoms with Gasteiger partial charge in [0.1, 0.15) is 0 Å². The monoisotopic (exact) mass is 312 g/mol. The Bertz CT molecular complexity index is 446. The van der Waals surface area contributed by atoms with E-state index in [1.807, 2.05) is 13.8 Å². The SMILES string of the molecule is CC.CC(=O)c1ccc(Cl)cc1NCCN1CCOCC1. The second kappa shape index (κ2) is 9.77. The molecule has 21 heavy (non-hydrogen) atoms. The fourth-order valence-electron chi connectivity index (χ4n) is 2.14. The summed E-state index contributed by atoms with van der Waals surface area (Å²) in [4.78, 5) is 13.9. The minimum Gasteiger partial charge on any atom is -0.383 e. The smallest absolute Gasteiger partial charge is 0.161 e. The van der Waals surface area contributed by atoms with Gasteiger partial charge in [-0.25, -0.2) is 0 Å². The highest BCUT2D eigenvalue weighted by Crippen LogP contribution is 2.21. The molecule has 1 fully saturated rings. The van der Waals surface area contributed by atoms with Crippen molar-refractivity contribution < 1.29 is 9.53 Å². The Hall–Kier alpha value is -1.10. The lowest BCUT2D eigenvalue weighted by Gasteiger charge is -2.26. The average molecular weight is 313 g/mol. The van der Waals surface area contributed by atoms with Gasteiger partial charge in [-0.15, -0.1) is 0 Å². The molecular weight excluding hydrogens is 288 g/mol. The third kappa shape index (κ3) is 6.04. The first-order chi connectivity index (χ1) is 10.2. The Kier molecular flexibility index (Phi) is 8.35. The molecule has 0 radical (unpaired) electrons. The second-order valence-electron chi connectivity index (χ2n) is 4.63. The Morgan fingerprint density at radius 1 is 1.33 bits per heavy atom. The lowest BCUT2D eigenvalue weighted by Crippen LogP contribution is -2.39. The van der Waals surface area contributed by atoms with E-state index in [0.29, 0.717) is 10.6 Å². The van der Waals surface area contributed by atoms with E-state index >= 15 is 0 Å². The molecule has 1 aromatic carbocycles. The molecule has 1 heterocycles. The van der Waals surface area contributed by atoms with Gasteiger partial charge in [-0.05, 0) is 25.1 Å². The molecule has 2 rings (SSSR count). The van der Waals surface area contributed by atoms with Crippen LogP contribution in [0.25, 0.3) is 0 Å². The zero-order valence-corrected chi connectivity index (χ0v) is 13.9. The summed E-state index contributed by atoms with van der Waals surface area (Å²) in [5.74, 6) is 0.0468. The number of hydrogen-bond donors (Lipinski definition) is 1. The van der Waals surface area contributed by atoms with Crippen LogP contribution in [0.15, 0.2) is 18.2 Å². The number of halogens is 1. The number of morpholine rings is 1. The average Bonchev–Trinajstić information content (AvgIpc) is 2.50. The van der Waals surface area contributed by atoms with E-state index in [-0.39, 0.29) is 5.78 Å². The third-order valence-electron chi connectivity index (χ3n) is 3.21. The van der Waals surface area contributed by atoms with Crippen LogP contribution in [0.2, 0.25) is 5.02 Å². The Balaban J connectivity index is 0.00000106. The van der Waals surface area contributed by atoms with Gasteiger partial charge in [-0.2, -0.15) is 0 Å². The molecule has 0 amide bonds. The summed E-state index contributed by atoms with van der Waals surface area (Å²) in [5, 5.41) is 3.93. The van der Waals surface area contributed by atoms with Gasteiger partial charge >= 0.3 is 0 Å². The van der Waals surface area contributed by atoms with Crippen molar-refractivity contribution in [1.82, 2.24) is 4.90 Å². The Morgan fingerprint density at radius 3 is 2.62 bits per heavy atom. The number of hydrogen-bond acceptors (Lipinski definition) is 4. The number of benzene rings is 1. The first-order valence-electron chi connectivity index (χ1n) is 7.51. The molecule has 0 bridgehead atoms. The maximum absolute atomic E-state index is 11.5. The van der Waals surface area contributed by atoms with Crippen molar-refractivity contribution >= 4 is 23.1 Å². The molecule has 0 atom stereocenters. The number of carbonyl (C=O) groups is 1. The second-order valence-corrected chi connectivity index (χ2v) is 5.06. The summed E-state index contributed by atoms with van der Waals surface area (Å²) >= 11 is 5.97. The van der Waals surface area contributed by atoms with E-state index in [0.717, 1.165) is 45.1 Å². The van der Waals surface area contributed by atoms with Gasteiger partial charge in [-0.3, -0.25) is 9.69 Å². The van der Waals surface area contributed by atoms with Gasteiger partial charge in [0, 0.05) is 42.5 Å². The third-order valence-corrected chi connectivity index (χ3v) is 3.44. The lowest BCUT2D eigenvalue weighted by atomic mass is 10.1. The van der Waals surface area contributed by atoms with E-state index in [1.54, 1.807) is 25.1 Å². The first kappa shape index (κ1) is 18.0. The summed E-state index contributed by atoms with van der Waals surface area (Å²) in [6, 6.07) is 5.31. The maximum Gasteiger partial charge on any atom is 0.161 e. The van der Waals surface area contributed by atoms with E-state index in [9.17, 15) is 4.79 Å². The molecule has 0 unspecified atom stereocenters. The van der Waals surface area contributed by atoms with Crippen LogP contribution in [0, 0.1) is 0 Å². The van der Waals surface area contributed by atoms with E-state index < -0.39 is 0 Å². The molecule has 0 aliphatic carbocycles. The fraction of sp³-hybridized carbons (Fsp3) is 0.562. The summed E-state index contributed by atoms with van der Waals surface area (Å²) < 4.78 is 5.31. The largest absolute Gasteiger partial charge is 0.383 e. The highest BCUT2D eigenvalue weighted by Gasteiger charge is 2.11. The predicted octanol–water partition coefficient (Wildman–Crippen LogP) is 3.31. The van der Waals surface area contributed by atoms with Gasteiger partial charge < -0.3 is 10.1 Å². The molecule has 4 nitrogen and oxygen atoms in total. The predicted molar refractivity (Wildman–Crippen MR) is 88.6 cm³/mol. The fourth-order valence-corrected chi connectivity index (χ4v) is 2.32. The van der Waals surface area contributed by atoms with Crippen LogP contribution in [0.5, 0.6) is 0 Å². The minimum absolute atomic E-state index is 0.0468. The quantitative estimate of drug-likeness (QED) is 0.847. The van der Waals surface area contributed by atoms with Crippen molar-refractivity contribution in [3.63, 3.8) is 0 Å². The van der Waals surface area contributed by atoms with E-state index in [2.05, 4.69) is 10.2 Å². The van der Waals surface area contributed by atoms with Crippen LogP contribution in [0.4, 0.5) is 5.69 Å². The maximum atomic E-state index is 11.5. The first-order valence-corrected chi connectivity index (χ1v) is 7.89. The zero-order chi connectivity index (χ0) is 15.7. The van der Waals surface area contributed by atoms with Crippen LogP contribution in [0.3, 0.4) is 0 Å².